The number of benzene rings is 3. The van der Waals surface area contributed by atoms with Crippen LogP contribution >= 0.6 is 0 Å². The summed E-state index contributed by atoms with van der Waals surface area (Å²) in [6, 6.07) is 19.6. The van der Waals surface area contributed by atoms with E-state index >= 15 is 0 Å². The van der Waals surface area contributed by atoms with Gasteiger partial charge in [-0.3, -0.25) is 9.52 Å². The van der Waals surface area contributed by atoms with Crippen molar-refractivity contribution >= 4 is 27.6 Å². The number of anilines is 1. The van der Waals surface area contributed by atoms with Gasteiger partial charge >= 0.3 is 5.97 Å². The number of hydrogen-bond donors (Lipinski definition) is 1. The average molecular weight is 456 g/mol. The molecule has 0 fully saturated rings. The topological polar surface area (TPSA) is 92.8 Å². The molecule has 0 spiro atoms. The molecule has 0 bridgehead atoms. The number of hydrogen-bond acceptors (Lipinski definition) is 5. The van der Waals surface area contributed by atoms with Gasteiger partial charge in [-0.25, -0.2) is 17.6 Å². The monoisotopic (exact) mass is 456 g/mol. The van der Waals surface area contributed by atoms with Crippen LogP contribution in [0.15, 0.2) is 83.8 Å². The van der Waals surface area contributed by atoms with Crippen LogP contribution in [0.4, 0.5) is 10.1 Å². The Morgan fingerprint density at radius 3 is 2.38 bits per heavy atom. The van der Waals surface area contributed by atoms with Gasteiger partial charge in [0.15, 0.2) is 6.61 Å². The highest BCUT2D eigenvalue weighted by atomic mass is 32.2. The summed E-state index contributed by atoms with van der Waals surface area (Å²) in [5.74, 6) is -1.74. The quantitative estimate of drug-likeness (QED) is 0.524. The standard InChI is InChI=1S/C23H21FN2O5S/c1-26(15-18-8-5-6-13-21(18)24)22(27)16-31-23(28)17-9-7-10-19(14-17)25-32(29,30)20-11-3-2-4-12-20/h2-14,25H,15-16H2,1H3. The summed E-state index contributed by atoms with van der Waals surface area (Å²) in [5, 5.41) is 0. The maximum absolute atomic E-state index is 13.7. The molecule has 32 heavy (non-hydrogen) atoms. The molecule has 3 aromatic rings. The van der Waals surface area contributed by atoms with E-state index < -0.39 is 34.3 Å². The fourth-order valence-corrected chi connectivity index (χ4v) is 3.89. The molecule has 0 atom stereocenters. The molecule has 0 heterocycles. The molecule has 0 aliphatic heterocycles. The number of rotatable bonds is 8. The largest absolute Gasteiger partial charge is 0.452 e. The summed E-state index contributed by atoms with van der Waals surface area (Å²) in [5.41, 5.74) is 0.585. The number of ether oxygens (including phenoxy) is 1. The van der Waals surface area contributed by atoms with Crippen molar-refractivity contribution in [2.45, 2.75) is 11.4 Å². The Morgan fingerprint density at radius 2 is 1.66 bits per heavy atom. The third-order valence-electron chi connectivity index (χ3n) is 4.52. The summed E-state index contributed by atoms with van der Waals surface area (Å²) >= 11 is 0. The Hall–Kier alpha value is -3.72. The van der Waals surface area contributed by atoms with Crippen LogP contribution < -0.4 is 4.72 Å². The number of amides is 1. The summed E-state index contributed by atoms with van der Waals surface area (Å²) in [7, 11) is -2.35. The predicted octanol–water partition coefficient (Wildman–Crippen LogP) is 3.44. The molecule has 7 nitrogen and oxygen atoms in total. The number of sulfonamides is 1. The SMILES string of the molecule is CN(Cc1ccccc1F)C(=O)COC(=O)c1cccc(NS(=O)(=O)c2ccccc2)c1. The van der Waals surface area contributed by atoms with Gasteiger partial charge in [0.1, 0.15) is 5.82 Å². The fraction of sp³-hybridized carbons (Fsp3) is 0.130. The van der Waals surface area contributed by atoms with Crippen LogP contribution in [0.5, 0.6) is 0 Å². The van der Waals surface area contributed by atoms with Gasteiger partial charge in [0.25, 0.3) is 15.9 Å². The van der Waals surface area contributed by atoms with Crippen LogP contribution in [0.2, 0.25) is 0 Å². The number of carbonyl (C=O) groups is 2. The van der Waals surface area contributed by atoms with Crippen molar-refractivity contribution < 1.29 is 27.1 Å². The third kappa shape index (κ3) is 5.92. The van der Waals surface area contributed by atoms with Crippen molar-refractivity contribution in [3.8, 4) is 0 Å². The van der Waals surface area contributed by atoms with Gasteiger partial charge in [0.05, 0.1) is 10.5 Å². The van der Waals surface area contributed by atoms with E-state index in [1.165, 1.54) is 54.4 Å². The minimum atomic E-state index is -3.82. The van der Waals surface area contributed by atoms with Crippen LogP contribution in [0.1, 0.15) is 15.9 Å². The van der Waals surface area contributed by atoms with E-state index in [-0.39, 0.29) is 22.7 Å². The van der Waals surface area contributed by atoms with E-state index in [1.807, 2.05) is 0 Å². The van der Waals surface area contributed by atoms with Crippen molar-refractivity contribution in [1.82, 2.24) is 4.90 Å². The second-order valence-electron chi connectivity index (χ2n) is 6.92. The molecule has 0 aromatic heterocycles. The van der Waals surface area contributed by atoms with Crippen LogP contribution in [0.3, 0.4) is 0 Å². The lowest BCUT2D eigenvalue weighted by Gasteiger charge is -2.17. The predicted molar refractivity (Wildman–Crippen MR) is 117 cm³/mol. The maximum Gasteiger partial charge on any atom is 0.338 e. The van der Waals surface area contributed by atoms with E-state index in [0.717, 1.165) is 0 Å². The molecular weight excluding hydrogens is 435 g/mol. The van der Waals surface area contributed by atoms with Crippen molar-refractivity contribution in [2.75, 3.05) is 18.4 Å². The lowest BCUT2D eigenvalue weighted by Crippen LogP contribution is -2.31. The highest BCUT2D eigenvalue weighted by Gasteiger charge is 2.17. The zero-order chi connectivity index (χ0) is 23.1. The Balaban J connectivity index is 1.60. The highest BCUT2D eigenvalue weighted by Crippen LogP contribution is 2.18. The van der Waals surface area contributed by atoms with E-state index in [9.17, 15) is 22.4 Å². The number of nitrogens with zero attached hydrogens (tertiary/aromatic N) is 1. The van der Waals surface area contributed by atoms with Crippen molar-refractivity contribution in [1.29, 1.82) is 0 Å². The van der Waals surface area contributed by atoms with Gasteiger partial charge in [-0.2, -0.15) is 0 Å². The lowest BCUT2D eigenvalue weighted by atomic mass is 10.2. The molecule has 3 rings (SSSR count). The zero-order valence-corrected chi connectivity index (χ0v) is 18.0. The number of likely N-dealkylation sites (N-methyl/N-ethyl adjacent to an activating group) is 1. The minimum absolute atomic E-state index is 0.0276. The third-order valence-corrected chi connectivity index (χ3v) is 5.92. The van der Waals surface area contributed by atoms with Crippen molar-refractivity contribution in [3.63, 3.8) is 0 Å². The first-order valence-corrected chi connectivity index (χ1v) is 11.1. The molecule has 0 aliphatic rings. The molecule has 0 unspecified atom stereocenters. The van der Waals surface area contributed by atoms with Crippen LogP contribution in [0, 0.1) is 5.82 Å². The second-order valence-corrected chi connectivity index (χ2v) is 8.60. The molecule has 0 radical (unpaired) electrons. The van der Waals surface area contributed by atoms with E-state index in [0.29, 0.717) is 5.56 Å². The fourth-order valence-electron chi connectivity index (χ4n) is 2.81. The molecule has 0 aliphatic carbocycles. The summed E-state index contributed by atoms with van der Waals surface area (Å²) in [4.78, 5) is 25.9. The Bertz CT molecular complexity index is 1220. The summed E-state index contributed by atoms with van der Waals surface area (Å²) in [6.45, 7) is -0.510. The van der Waals surface area contributed by atoms with Crippen LogP contribution in [-0.4, -0.2) is 38.8 Å². The number of halogens is 1. The van der Waals surface area contributed by atoms with Crippen molar-refractivity contribution in [2.24, 2.45) is 0 Å². The first-order chi connectivity index (χ1) is 15.3. The van der Waals surface area contributed by atoms with E-state index in [2.05, 4.69) is 4.72 Å². The molecule has 0 saturated carbocycles. The normalized spacial score (nSPS) is 10.9. The van der Waals surface area contributed by atoms with Gasteiger partial charge in [-0.1, -0.05) is 42.5 Å². The van der Waals surface area contributed by atoms with Gasteiger partial charge in [0.2, 0.25) is 0 Å². The summed E-state index contributed by atoms with van der Waals surface area (Å²) < 4.78 is 46.1. The number of esters is 1. The molecule has 1 N–H and O–H groups in total. The smallest absolute Gasteiger partial charge is 0.338 e. The Kier molecular flexibility index (Phi) is 7.21. The van der Waals surface area contributed by atoms with Gasteiger partial charge in [0, 0.05) is 24.8 Å². The number of nitrogens with one attached hydrogen (secondary N) is 1. The molecule has 9 heteroatoms. The molecule has 166 valence electrons. The van der Waals surface area contributed by atoms with Crippen LogP contribution in [-0.2, 0) is 26.1 Å². The minimum Gasteiger partial charge on any atom is -0.452 e. The second kappa shape index (κ2) is 10.1. The van der Waals surface area contributed by atoms with Gasteiger partial charge in [-0.15, -0.1) is 0 Å². The molecule has 1 amide bonds. The first-order valence-electron chi connectivity index (χ1n) is 9.59. The lowest BCUT2D eigenvalue weighted by molar-refractivity contribution is -0.133. The molecule has 0 saturated heterocycles. The zero-order valence-electron chi connectivity index (χ0n) is 17.2. The van der Waals surface area contributed by atoms with Gasteiger partial charge < -0.3 is 9.64 Å². The number of carbonyl (C=O) groups excluding carboxylic acids is 2. The summed E-state index contributed by atoms with van der Waals surface area (Å²) in [6.07, 6.45) is 0. The van der Waals surface area contributed by atoms with Crippen LogP contribution in [0.25, 0.3) is 0 Å². The molecular formula is C23H21FN2O5S. The molecule has 3 aromatic carbocycles. The highest BCUT2D eigenvalue weighted by molar-refractivity contribution is 7.92. The van der Waals surface area contributed by atoms with E-state index in [1.54, 1.807) is 36.4 Å². The van der Waals surface area contributed by atoms with Crippen molar-refractivity contribution in [3.05, 3.63) is 95.8 Å². The Morgan fingerprint density at radius 1 is 0.969 bits per heavy atom. The maximum atomic E-state index is 13.7. The van der Waals surface area contributed by atoms with E-state index in [4.69, 9.17) is 4.74 Å². The van der Waals surface area contributed by atoms with Gasteiger partial charge in [-0.05, 0) is 36.4 Å². The average Bonchev–Trinajstić information content (AvgIpc) is 2.79. The first kappa shape index (κ1) is 23.0. The Labute approximate surface area is 185 Å².